The van der Waals surface area contributed by atoms with Crippen LogP contribution in [-0.4, -0.2) is 23.4 Å². The summed E-state index contributed by atoms with van der Waals surface area (Å²) in [6.45, 7) is 1.74. The van der Waals surface area contributed by atoms with Gasteiger partial charge in [0.1, 0.15) is 5.76 Å². The summed E-state index contributed by atoms with van der Waals surface area (Å²) >= 11 is 0. The predicted molar refractivity (Wildman–Crippen MR) is 110 cm³/mol. The number of hydrogen-bond acceptors (Lipinski definition) is 6. The molecule has 2 aromatic heterocycles. The minimum Gasteiger partial charge on any atom is -0.459 e. The number of aryl methyl sites for hydroxylation is 1. The van der Waals surface area contributed by atoms with Crippen LogP contribution >= 0.6 is 0 Å². The number of carbonyl (C=O) groups excluding carboxylic acids is 3. The largest absolute Gasteiger partial charge is 0.459 e. The molecule has 2 heterocycles. The number of rotatable bonds is 4. The number of furan rings is 2. The summed E-state index contributed by atoms with van der Waals surface area (Å²) in [5.74, 6) is -0.619. The van der Waals surface area contributed by atoms with Gasteiger partial charge in [0.2, 0.25) is 0 Å². The third-order valence-electron chi connectivity index (χ3n) is 4.89. The van der Waals surface area contributed by atoms with Crippen molar-refractivity contribution in [1.82, 2.24) is 16.3 Å². The van der Waals surface area contributed by atoms with Gasteiger partial charge in [0.05, 0.1) is 12.0 Å². The lowest BCUT2D eigenvalue weighted by Crippen LogP contribution is -2.41. The summed E-state index contributed by atoms with van der Waals surface area (Å²) < 4.78 is 10.8. The number of fused-ring (bicyclic) bond motifs is 1. The standard InChI is InChI=1S/C22H20N4O5/c1-13-18-15(23-25-21(28)17-11-6-12-30-17)9-5-10-16(18)31-19(13)22(29)26-24-20(27)14-7-3-2-4-8-14/h2-4,6-8,11-12H,5,9-10H2,1H3,(H,24,27)(H,25,28)(H,26,29)/b23-15+. The van der Waals surface area contributed by atoms with E-state index in [0.717, 1.165) is 6.42 Å². The number of benzene rings is 1. The molecule has 0 fully saturated rings. The average Bonchev–Trinajstić information content (AvgIpc) is 3.45. The molecule has 0 spiro atoms. The van der Waals surface area contributed by atoms with Crippen LogP contribution in [0.15, 0.2) is 62.7 Å². The maximum atomic E-state index is 12.6. The lowest BCUT2D eigenvalue weighted by atomic mass is 9.93. The Kier molecular flexibility index (Phi) is 5.65. The molecule has 158 valence electrons. The quantitative estimate of drug-likeness (QED) is 0.560. The van der Waals surface area contributed by atoms with E-state index in [0.29, 0.717) is 41.0 Å². The van der Waals surface area contributed by atoms with Gasteiger partial charge in [-0.1, -0.05) is 18.2 Å². The number of nitrogens with one attached hydrogen (secondary N) is 3. The van der Waals surface area contributed by atoms with E-state index < -0.39 is 17.7 Å². The molecular formula is C22H20N4O5. The van der Waals surface area contributed by atoms with Gasteiger partial charge in [-0.05, 0) is 44.0 Å². The molecule has 0 saturated carbocycles. The van der Waals surface area contributed by atoms with E-state index in [1.54, 1.807) is 43.3 Å². The summed E-state index contributed by atoms with van der Waals surface area (Å²) in [4.78, 5) is 36.8. The van der Waals surface area contributed by atoms with Gasteiger partial charge in [-0.3, -0.25) is 25.2 Å². The highest BCUT2D eigenvalue weighted by Crippen LogP contribution is 2.29. The van der Waals surface area contributed by atoms with Crippen LogP contribution in [0.4, 0.5) is 0 Å². The van der Waals surface area contributed by atoms with Crippen LogP contribution in [0.1, 0.15) is 61.2 Å². The summed E-state index contributed by atoms with van der Waals surface area (Å²) in [7, 11) is 0. The topological polar surface area (TPSA) is 126 Å². The second kappa shape index (κ2) is 8.70. The first-order chi connectivity index (χ1) is 15.0. The molecule has 0 radical (unpaired) electrons. The molecule has 4 rings (SSSR count). The molecule has 0 atom stereocenters. The van der Waals surface area contributed by atoms with Gasteiger partial charge < -0.3 is 8.83 Å². The second-order valence-corrected chi connectivity index (χ2v) is 6.96. The Hall–Kier alpha value is -4.14. The van der Waals surface area contributed by atoms with Crippen LogP contribution in [-0.2, 0) is 6.42 Å². The van der Waals surface area contributed by atoms with Crippen molar-refractivity contribution in [2.75, 3.05) is 0 Å². The Bertz CT molecular complexity index is 1150. The van der Waals surface area contributed by atoms with Crippen LogP contribution in [0.2, 0.25) is 0 Å². The zero-order valence-corrected chi connectivity index (χ0v) is 16.7. The second-order valence-electron chi connectivity index (χ2n) is 6.96. The van der Waals surface area contributed by atoms with E-state index in [-0.39, 0.29) is 11.5 Å². The summed E-state index contributed by atoms with van der Waals surface area (Å²) in [6.07, 6.45) is 3.44. The molecule has 3 aromatic rings. The van der Waals surface area contributed by atoms with Crippen molar-refractivity contribution in [2.45, 2.75) is 26.2 Å². The van der Waals surface area contributed by atoms with Crippen molar-refractivity contribution in [3.8, 4) is 0 Å². The molecule has 3 N–H and O–H groups in total. The van der Waals surface area contributed by atoms with Gasteiger partial charge >= 0.3 is 11.8 Å². The highest BCUT2D eigenvalue weighted by atomic mass is 16.4. The van der Waals surface area contributed by atoms with Gasteiger partial charge in [0, 0.05) is 23.1 Å². The molecule has 0 saturated heterocycles. The first-order valence-corrected chi connectivity index (χ1v) is 9.73. The summed E-state index contributed by atoms with van der Waals surface area (Å²) in [6, 6.07) is 11.7. The third kappa shape index (κ3) is 4.25. The molecule has 0 bridgehead atoms. The smallest absolute Gasteiger partial charge is 0.307 e. The fourth-order valence-electron chi connectivity index (χ4n) is 3.41. The van der Waals surface area contributed by atoms with E-state index in [9.17, 15) is 14.4 Å². The predicted octanol–water partition coefficient (Wildman–Crippen LogP) is 2.73. The molecule has 9 nitrogen and oxygen atoms in total. The Morgan fingerprint density at radius 3 is 2.45 bits per heavy atom. The maximum Gasteiger partial charge on any atom is 0.307 e. The average molecular weight is 420 g/mol. The lowest BCUT2D eigenvalue weighted by molar-refractivity contribution is 0.0829. The number of hydrazone groups is 1. The van der Waals surface area contributed by atoms with Crippen molar-refractivity contribution < 1.29 is 23.2 Å². The van der Waals surface area contributed by atoms with E-state index in [4.69, 9.17) is 8.83 Å². The summed E-state index contributed by atoms with van der Waals surface area (Å²) in [5.41, 5.74) is 9.55. The van der Waals surface area contributed by atoms with Gasteiger partial charge in [0.25, 0.3) is 5.91 Å². The third-order valence-corrected chi connectivity index (χ3v) is 4.89. The van der Waals surface area contributed by atoms with Gasteiger partial charge in [-0.2, -0.15) is 5.10 Å². The van der Waals surface area contributed by atoms with Crippen LogP contribution < -0.4 is 16.3 Å². The van der Waals surface area contributed by atoms with E-state index in [2.05, 4.69) is 21.4 Å². The molecule has 1 aromatic carbocycles. The maximum absolute atomic E-state index is 12.6. The van der Waals surface area contributed by atoms with Crippen LogP contribution in [0.5, 0.6) is 0 Å². The molecule has 3 amide bonds. The Morgan fingerprint density at radius 1 is 0.935 bits per heavy atom. The van der Waals surface area contributed by atoms with Gasteiger partial charge in [0.15, 0.2) is 11.5 Å². The first-order valence-electron chi connectivity index (χ1n) is 9.73. The highest BCUT2D eigenvalue weighted by molar-refractivity contribution is 6.07. The van der Waals surface area contributed by atoms with Crippen molar-refractivity contribution in [1.29, 1.82) is 0 Å². The normalized spacial score (nSPS) is 14.0. The van der Waals surface area contributed by atoms with Crippen LogP contribution in [0.3, 0.4) is 0 Å². The fourth-order valence-corrected chi connectivity index (χ4v) is 3.41. The molecule has 1 aliphatic rings. The Morgan fingerprint density at radius 2 is 1.71 bits per heavy atom. The van der Waals surface area contributed by atoms with Crippen molar-refractivity contribution >= 4 is 23.4 Å². The van der Waals surface area contributed by atoms with E-state index in [1.807, 2.05) is 0 Å². The minimum absolute atomic E-state index is 0.0883. The number of amides is 3. The number of hydrogen-bond donors (Lipinski definition) is 3. The zero-order chi connectivity index (χ0) is 21.8. The first kappa shape index (κ1) is 20.1. The van der Waals surface area contributed by atoms with Crippen molar-refractivity contribution in [2.24, 2.45) is 5.10 Å². The van der Waals surface area contributed by atoms with Crippen LogP contribution in [0.25, 0.3) is 0 Å². The molecule has 1 aliphatic carbocycles. The molecular weight excluding hydrogens is 400 g/mol. The lowest BCUT2D eigenvalue weighted by Gasteiger charge is -2.13. The number of carbonyl (C=O) groups is 3. The fraction of sp³-hybridized carbons (Fsp3) is 0.182. The van der Waals surface area contributed by atoms with E-state index in [1.165, 1.54) is 12.3 Å². The monoisotopic (exact) mass is 420 g/mol. The van der Waals surface area contributed by atoms with Crippen molar-refractivity contribution in [3.05, 3.63) is 82.7 Å². The van der Waals surface area contributed by atoms with Gasteiger partial charge in [-0.15, -0.1) is 0 Å². The van der Waals surface area contributed by atoms with Crippen molar-refractivity contribution in [3.63, 3.8) is 0 Å². The molecule has 0 aliphatic heterocycles. The molecule has 0 unspecified atom stereocenters. The minimum atomic E-state index is -0.574. The molecule has 31 heavy (non-hydrogen) atoms. The number of nitrogens with zero attached hydrogens (tertiary/aromatic N) is 1. The number of hydrazine groups is 1. The molecule has 9 heteroatoms. The van der Waals surface area contributed by atoms with Gasteiger partial charge in [-0.25, -0.2) is 5.43 Å². The highest BCUT2D eigenvalue weighted by Gasteiger charge is 2.28. The zero-order valence-electron chi connectivity index (χ0n) is 16.7. The Balaban J connectivity index is 1.48. The van der Waals surface area contributed by atoms with E-state index >= 15 is 0 Å². The SMILES string of the molecule is Cc1c(C(=O)NNC(=O)c2ccccc2)oc2c1/C(=N/NC(=O)c1ccco1)CCC2. The Labute approximate surface area is 177 Å². The summed E-state index contributed by atoms with van der Waals surface area (Å²) in [5, 5.41) is 4.22. The van der Waals surface area contributed by atoms with Crippen LogP contribution in [0, 0.1) is 6.92 Å².